The van der Waals surface area contributed by atoms with E-state index >= 15 is 0 Å². The van der Waals surface area contributed by atoms with Gasteiger partial charge in [-0.15, -0.1) is 0 Å². The maximum Gasteiger partial charge on any atom is 0.254 e. The van der Waals surface area contributed by atoms with Crippen LogP contribution >= 0.6 is 0 Å². The number of amides is 1. The third-order valence-electron chi connectivity index (χ3n) is 2.80. The minimum atomic E-state index is -0.588. The van der Waals surface area contributed by atoms with Crippen LogP contribution in [0.25, 0.3) is 0 Å². The van der Waals surface area contributed by atoms with E-state index < -0.39 is 5.91 Å². The maximum absolute atomic E-state index is 11.5. The van der Waals surface area contributed by atoms with E-state index in [0.29, 0.717) is 24.9 Å². The largest absolute Gasteiger partial charge is 0.365 e. The van der Waals surface area contributed by atoms with Crippen molar-refractivity contribution in [3.8, 4) is 0 Å². The number of hydrogen-bond donors (Lipinski definition) is 4. The van der Waals surface area contributed by atoms with Crippen LogP contribution in [0.5, 0.6) is 0 Å². The second kappa shape index (κ2) is 6.67. The molecule has 2 aromatic rings. The summed E-state index contributed by atoms with van der Waals surface area (Å²) < 4.78 is 0. The Hall–Kier alpha value is -2.67. The third-order valence-corrected chi connectivity index (χ3v) is 2.80. The standard InChI is InChI=1S/C14H18N6O/c1-9-2-4-10(5-3-9)19-13-11(12(16)21)8-18-14(20-13)17-7-6-15/h2-5,8H,6-7,15H2,1H3,(H2,16,21)(H2,17,18,19,20). The lowest BCUT2D eigenvalue weighted by molar-refractivity contribution is 0.100. The molecular weight excluding hydrogens is 268 g/mol. The van der Waals surface area contributed by atoms with Crippen molar-refractivity contribution in [3.63, 3.8) is 0 Å². The van der Waals surface area contributed by atoms with Crippen LogP contribution in [0.3, 0.4) is 0 Å². The van der Waals surface area contributed by atoms with Crippen LogP contribution in [0, 0.1) is 6.92 Å². The van der Waals surface area contributed by atoms with Gasteiger partial charge in [-0.25, -0.2) is 4.98 Å². The van der Waals surface area contributed by atoms with Crippen LogP contribution in [-0.2, 0) is 0 Å². The predicted octanol–water partition coefficient (Wildman–Crippen LogP) is 0.998. The van der Waals surface area contributed by atoms with E-state index in [1.54, 1.807) is 0 Å². The van der Waals surface area contributed by atoms with E-state index in [0.717, 1.165) is 11.3 Å². The van der Waals surface area contributed by atoms with Crippen LogP contribution in [0.1, 0.15) is 15.9 Å². The van der Waals surface area contributed by atoms with E-state index in [1.807, 2.05) is 31.2 Å². The van der Waals surface area contributed by atoms with Crippen LogP contribution in [0.15, 0.2) is 30.5 Å². The lowest BCUT2D eigenvalue weighted by Crippen LogP contribution is -2.18. The minimum Gasteiger partial charge on any atom is -0.365 e. The van der Waals surface area contributed by atoms with Crippen LogP contribution < -0.4 is 22.1 Å². The number of aryl methyl sites for hydroxylation is 1. The fraction of sp³-hybridized carbons (Fsp3) is 0.214. The number of nitrogens with two attached hydrogens (primary N) is 2. The minimum absolute atomic E-state index is 0.230. The second-order valence-corrected chi connectivity index (χ2v) is 4.53. The van der Waals surface area contributed by atoms with E-state index in [4.69, 9.17) is 11.5 Å². The summed E-state index contributed by atoms with van der Waals surface area (Å²) in [5.41, 5.74) is 13.0. The number of aromatic nitrogens is 2. The van der Waals surface area contributed by atoms with Gasteiger partial charge in [-0.05, 0) is 19.1 Å². The molecule has 1 amide bonds. The molecule has 6 N–H and O–H groups in total. The number of hydrogen-bond acceptors (Lipinski definition) is 6. The van der Waals surface area contributed by atoms with Gasteiger partial charge in [0.05, 0.1) is 0 Å². The van der Waals surface area contributed by atoms with Gasteiger partial charge in [-0.2, -0.15) is 4.98 Å². The predicted molar refractivity (Wildman–Crippen MR) is 82.6 cm³/mol. The van der Waals surface area contributed by atoms with Crippen molar-refractivity contribution in [1.29, 1.82) is 0 Å². The Bertz CT molecular complexity index is 626. The maximum atomic E-state index is 11.5. The van der Waals surface area contributed by atoms with Crippen molar-refractivity contribution in [2.24, 2.45) is 11.5 Å². The number of carbonyl (C=O) groups is 1. The number of anilines is 3. The van der Waals surface area contributed by atoms with Gasteiger partial charge in [0.15, 0.2) is 0 Å². The second-order valence-electron chi connectivity index (χ2n) is 4.53. The summed E-state index contributed by atoms with van der Waals surface area (Å²) in [6, 6.07) is 7.71. The molecule has 0 aliphatic heterocycles. The highest BCUT2D eigenvalue weighted by Gasteiger charge is 2.12. The third kappa shape index (κ3) is 3.90. The Morgan fingerprint density at radius 1 is 1.29 bits per heavy atom. The van der Waals surface area contributed by atoms with Crippen LogP contribution in [0.4, 0.5) is 17.5 Å². The van der Waals surface area contributed by atoms with Gasteiger partial charge >= 0.3 is 0 Å². The Balaban J connectivity index is 2.29. The number of rotatable bonds is 6. The molecule has 110 valence electrons. The van der Waals surface area contributed by atoms with E-state index in [9.17, 15) is 4.79 Å². The van der Waals surface area contributed by atoms with Gasteiger partial charge in [0.25, 0.3) is 5.91 Å². The summed E-state index contributed by atoms with van der Waals surface area (Å²) in [6.07, 6.45) is 1.39. The number of carbonyl (C=O) groups excluding carboxylic acids is 1. The molecule has 0 atom stereocenters. The van der Waals surface area contributed by atoms with E-state index in [-0.39, 0.29) is 5.56 Å². The fourth-order valence-electron chi connectivity index (χ4n) is 1.70. The lowest BCUT2D eigenvalue weighted by Gasteiger charge is -2.11. The van der Waals surface area contributed by atoms with Gasteiger partial charge in [-0.3, -0.25) is 4.79 Å². The molecule has 7 nitrogen and oxygen atoms in total. The first kappa shape index (κ1) is 14.7. The summed E-state index contributed by atoms with van der Waals surface area (Å²) >= 11 is 0. The van der Waals surface area contributed by atoms with Gasteiger partial charge in [0.2, 0.25) is 5.95 Å². The number of nitrogens with zero attached hydrogens (tertiary/aromatic N) is 2. The average Bonchev–Trinajstić information content (AvgIpc) is 2.47. The molecule has 0 aliphatic rings. The average molecular weight is 286 g/mol. The Morgan fingerprint density at radius 3 is 2.62 bits per heavy atom. The Morgan fingerprint density at radius 2 is 2.00 bits per heavy atom. The van der Waals surface area contributed by atoms with Gasteiger partial charge in [0.1, 0.15) is 11.4 Å². The van der Waals surface area contributed by atoms with Crippen molar-refractivity contribution in [2.45, 2.75) is 6.92 Å². The number of nitrogens with one attached hydrogen (secondary N) is 2. The van der Waals surface area contributed by atoms with Gasteiger partial charge in [0, 0.05) is 25.0 Å². The summed E-state index contributed by atoms with van der Waals surface area (Å²) in [6.45, 7) is 3.00. The zero-order valence-electron chi connectivity index (χ0n) is 11.8. The van der Waals surface area contributed by atoms with Crippen molar-refractivity contribution in [3.05, 3.63) is 41.6 Å². The molecule has 0 saturated heterocycles. The van der Waals surface area contributed by atoms with Gasteiger partial charge < -0.3 is 22.1 Å². The molecular formula is C14H18N6O. The summed E-state index contributed by atoms with van der Waals surface area (Å²) in [5.74, 6) is 0.163. The molecule has 1 aromatic heterocycles. The molecule has 0 spiro atoms. The normalized spacial score (nSPS) is 10.2. The van der Waals surface area contributed by atoms with Crippen molar-refractivity contribution >= 4 is 23.4 Å². The molecule has 0 saturated carbocycles. The summed E-state index contributed by atoms with van der Waals surface area (Å²) in [7, 11) is 0. The van der Waals surface area contributed by atoms with E-state index in [2.05, 4.69) is 20.6 Å². The summed E-state index contributed by atoms with van der Waals surface area (Å²) in [5, 5.41) is 6.03. The molecule has 0 aliphatic carbocycles. The molecule has 0 radical (unpaired) electrons. The monoisotopic (exact) mass is 286 g/mol. The molecule has 7 heteroatoms. The first-order valence-electron chi connectivity index (χ1n) is 6.54. The number of primary amides is 1. The highest BCUT2D eigenvalue weighted by atomic mass is 16.1. The highest BCUT2D eigenvalue weighted by Crippen LogP contribution is 2.19. The van der Waals surface area contributed by atoms with Crippen molar-refractivity contribution < 1.29 is 4.79 Å². The van der Waals surface area contributed by atoms with Crippen molar-refractivity contribution in [2.75, 3.05) is 23.7 Å². The first-order valence-corrected chi connectivity index (χ1v) is 6.54. The van der Waals surface area contributed by atoms with Crippen LogP contribution in [-0.4, -0.2) is 29.0 Å². The molecule has 1 heterocycles. The SMILES string of the molecule is Cc1ccc(Nc2nc(NCCN)ncc2C(N)=O)cc1. The Labute approximate surface area is 122 Å². The topological polar surface area (TPSA) is 119 Å². The highest BCUT2D eigenvalue weighted by molar-refractivity contribution is 5.98. The Kier molecular flexibility index (Phi) is 4.68. The first-order chi connectivity index (χ1) is 10.1. The van der Waals surface area contributed by atoms with E-state index in [1.165, 1.54) is 6.20 Å². The quantitative estimate of drug-likeness (QED) is 0.629. The fourth-order valence-corrected chi connectivity index (χ4v) is 1.70. The molecule has 0 bridgehead atoms. The zero-order chi connectivity index (χ0) is 15.2. The number of benzene rings is 1. The molecule has 21 heavy (non-hydrogen) atoms. The summed E-state index contributed by atoms with van der Waals surface area (Å²) in [4.78, 5) is 19.7. The lowest BCUT2D eigenvalue weighted by atomic mass is 10.2. The van der Waals surface area contributed by atoms with Gasteiger partial charge in [-0.1, -0.05) is 17.7 Å². The molecule has 2 rings (SSSR count). The smallest absolute Gasteiger partial charge is 0.254 e. The molecule has 1 aromatic carbocycles. The van der Waals surface area contributed by atoms with Crippen LogP contribution in [0.2, 0.25) is 0 Å². The molecule has 0 unspecified atom stereocenters. The zero-order valence-corrected chi connectivity index (χ0v) is 11.8. The van der Waals surface area contributed by atoms with Crippen molar-refractivity contribution in [1.82, 2.24) is 9.97 Å². The molecule has 0 fully saturated rings.